The normalized spacial score (nSPS) is 28.8. The maximum atomic E-state index is 10.4. The van der Waals surface area contributed by atoms with Gasteiger partial charge in [-0.25, -0.2) is 0 Å². The van der Waals surface area contributed by atoms with Crippen molar-refractivity contribution in [2.45, 2.75) is 0 Å². The van der Waals surface area contributed by atoms with E-state index >= 15 is 0 Å². The summed E-state index contributed by atoms with van der Waals surface area (Å²) in [7, 11) is -5.87. The van der Waals surface area contributed by atoms with Crippen LogP contribution in [0.1, 0.15) is 8.22 Å². The molecule has 0 rings (SSSR count). The zero-order valence-electron chi connectivity index (χ0n) is 8.63. The lowest BCUT2D eigenvalue weighted by atomic mass is 11.8. The molecule has 0 spiro atoms. The fourth-order valence-corrected chi connectivity index (χ4v) is 0.0510. The fraction of sp³-hybridized carbons (Fsp3) is 1.00. The molecule has 0 heterocycles. The maximum absolute atomic E-state index is 10.4. The van der Waals surface area contributed by atoms with Gasteiger partial charge in [0, 0.05) is 0 Å². The average molecular weight is 116 g/mol. The Morgan fingerprint density at radius 1 is 1.67 bits per heavy atom. The van der Waals surface area contributed by atoms with Crippen LogP contribution in [0, 0.1) is 0 Å². The highest BCUT2D eigenvalue weighted by molar-refractivity contribution is 7.75. The predicted octanol–water partition coefficient (Wildman–Crippen LogP) is -0.142. The third-order valence-corrected chi connectivity index (χ3v) is 0.408. The Kier molecular flexibility index (Phi) is 0.693. The van der Waals surface area contributed by atoms with Crippen molar-refractivity contribution in [1.82, 2.24) is 0 Å². The molecule has 0 aromatic rings. The summed E-state index contributed by atoms with van der Waals surface area (Å²) in [5.74, 6) is 0. The van der Waals surface area contributed by atoms with E-state index in [0.717, 1.165) is 0 Å². The molecule has 6 heavy (non-hydrogen) atoms. The van der Waals surface area contributed by atoms with Crippen molar-refractivity contribution in [1.29, 1.82) is 0 Å². The Labute approximate surface area is 47.6 Å². The first-order valence-electron chi connectivity index (χ1n) is 3.91. The summed E-state index contributed by atoms with van der Waals surface area (Å²) in [6.07, 6.45) is 0. The zero-order chi connectivity index (χ0) is 9.99. The number of hydrogen-bond donors (Lipinski definition) is 0. The van der Waals surface area contributed by atoms with Gasteiger partial charge in [-0.05, 0) is 0 Å². The smallest absolute Gasteiger partial charge is 0.272 e. The molecule has 0 aromatic heterocycles. The molecular weight excluding hydrogens is 104 g/mol. The first kappa shape index (κ1) is 1.27. The van der Waals surface area contributed by atoms with Gasteiger partial charge in [-0.3, -0.25) is 8.37 Å². The molecule has 0 atom stereocenters. The fourth-order valence-electron chi connectivity index (χ4n) is 0.0170. The van der Waals surface area contributed by atoms with Crippen molar-refractivity contribution >= 4 is 11.4 Å². The highest BCUT2D eigenvalue weighted by Gasteiger charge is 1.84. The van der Waals surface area contributed by atoms with Crippen molar-refractivity contribution in [2.75, 3.05) is 14.1 Å². The molecule has 0 aliphatic heterocycles. The van der Waals surface area contributed by atoms with Gasteiger partial charge in [0.2, 0.25) is 0 Å². The summed E-state index contributed by atoms with van der Waals surface area (Å²) in [6.45, 7) is 0. The second-order valence-corrected chi connectivity index (χ2v) is 1.11. The molecule has 0 N–H and O–H groups in total. The molecule has 0 unspecified atom stereocenters. The van der Waals surface area contributed by atoms with E-state index in [-0.39, 0.29) is 0 Å². The maximum Gasteiger partial charge on any atom is 0.304 e. The lowest BCUT2D eigenvalue weighted by Crippen LogP contribution is -1.91. The van der Waals surface area contributed by atoms with Crippen molar-refractivity contribution in [3.05, 3.63) is 0 Å². The first-order valence-corrected chi connectivity index (χ1v) is 1.91. The Hall–Kier alpha value is 0.0700. The lowest BCUT2D eigenvalue weighted by Gasteiger charge is -1.86. The van der Waals surface area contributed by atoms with Gasteiger partial charge in [-0.1, -0.05) is 0 Å². The molecule has 38 valence electrons. The highest BCUT2D eigenvalue weighted by Crippen LogP contribution is 1.76. The summed E-state index contributed by atoms with van der Waals surface area (Å²) in [5.41, 5.74) is 0. The summed E-state index contributed by atoms with van der Waals surface area (Å²) >= 11 is -2.78. The zero-order valence-corrected chi connectivity index (χ0v) is 3.45. The lowest BCUT2D eigenvalue weighted by molar-refractivity contribution is 0.334. The number of rotatable bonds is 2. The van der Waals surface area contributed by atoms with Gasteiger partial charge in [0.05, 0.1) is 22.3 Å². The largest absolute Gasteiger partial charge is 0.304 e. The number of hydrogen-bond acceptors (Lipinski definition) is 3. The Bertz CT molecular complexity index is 153. The Morgan fingerprint density at radius 3 is 2.50 bits per heavy atom. The topological polar surface area (TPSA) is 35.5 Å². The third-order valence-electron chi connectivity index (χ3n) is 0.136. The molecule has 0 radical (unpaired) electrons. The molecule has 0 aliphatic carbocycles. The molecule has 0 saturated heterocycles. The van der Waals surface area contributed by atoms with Crippen LogP contribution in [0.25, 0.3) is 0 Å². The molecule has 0 aliphatic rings. The first-order chi connectivity index (χ1) is 5.10. The molecule has 0 aromatic carbocycles. The van der Waals surface area contributed by atoms with Crippen molar-refractivity contribution in [3.63, 3.8) is 0 Å². The highest BCUT2D eigenvalue weighted by atomic mass is 32.2. The van der Waals surface area contributed by atoms with Crippen LogP contribution in [-0.2, 0) is 19.7 Å². The molecule has 3 nitrogen and oxygen atoms in total. The minimum Gasteiger partial charge on any atom is -0.272 e. The minimum absolute atomic E-state index is 2.78. The van der Waals surface area contributed by atoms with Gasteiger partial charge >= 0.3 is 11.4 Å². The monoisotopic (exact) mass is 116 g/mol. The third kappa shape index (κ3) is 2.32. The SMILES string of the molecule is [2H]C([2H])([2H])OS(=O)OC([2H])([2H])[2H]. The predicted molar refractivity (Wildman–Crippen MR) is 22.2 cm³/mol. The van der Waals surface area contributed by atoms with Crippen LogP contribution >= 0.6 is 0 Å². The van der Waals surface area contributed by atoms with Crippen molar-refractivity contribution < 1.29 is 20.8 Å². The van der Waals surface area contributed by atoms with Crippen LogP contribution in [-0.4, -0.2) is 18.3 Å². The van der Waals surface area contributed by atoms with E-state index in [9.17, 15) is 4.21 Å². The van der Waals surface area contributed by atoms with E-state index in [4.69, 9.17) is 8.22 Å². The van der Waals surface area contributed by atoms with E-state index in [1.165, 1.54) is 0 Å². The summed E-state index contributed by atoms with van der Waals surface area (Å²) < 4.78 is 56.4. The van der Waals surface area contributed by atoms with Crippen LogP contribution in [0.3, 0.4) is 0 Å². The average Bonchev–Trinajstić information content (AvgIpc) is 1.49. The van der Waals surface area contributed by atoms with Crippen LogP contribution < -0.4 is 0 Å². The van der Waals surface area contributed by atoms with Gasteiger partial charge in [0.1, 0.15) is 0 Å². The Morgan fingerprint density at radius 2 is 2.17 bits per heavy atom. The van der Waals surface area contributed by atoms with Crippen LogP contribution in [0.4, 0.5) is 0 Å². The molecule has 0 fully saturated rings. The molecule has 0 bridgehead atoms. The quantitative estimate of drug-likeness (QED) is 0.503. The van der Waals surface area contributed by atoms with Crippen molar-refractivity contribution in [3.8, 4) is 0 Å². The molecule has 4 heteroatoms. The van der Waals surface area contributed by atoms with E-state index < -0.39 is 25.4 Å². The van der Waals surface area contributed by atoms with E-state index in [2.05, 4.69) is 8.37 Å². The molecular formula is C2H6O3S. The summed E-state index contributed by atoms with van der Waals surface area (Å²) in [6, 6.07) is 0. The van der Waals surface area contributed by atoms with Crippen LogP contribution in [0.15, 0.2) is 0 Å². The standard InChI is InChI=1S/C2H6O3S/c1-4-6(3)5-2/h1-2H3/i1D3,2D3. The van der Waals surface area contributed by atoms with E-state index in [1.54, 1.807) is 0 Å². The summed E-state index contributed by atoms with van der Waals surface area (Å²) in [5, 5.41) is 0. The van der Waals surface area contributed by atoms with E-state index in [0.29, 0.717) is 0 Å². The second-order valence-electron chi connectivity index (χ2n) is 0.371. The van der Waals surface area contributed by atoms with Gasteiger partial charge in [-0.15, -0.1) is 0 Å². The van der Waals surface area contributed by atoms with Gasteiger partial charge < -0.3 is 0 Å². The van der Waals surface area contributed by atoms with Crippen molar-refractivity contribution in [2.24, 2.45) is 0 Å². The van der Waals surface area contributed by atoms with Crippen LogP contribution in [0.5, 0.6) is 0 Å². The minimum atomic E-state index is -2.93. The Balaban J connectivity index is 3.92. The molecule has 0 amide bonds. The van der Waals surface area contributed by atoms with Gasteiger partial charge in [0.15, 0.2) is 0 Å². The van der Waals surface area contributed by atoms with Gasteiger partial charge in [0.25, 0.3) is 0 Å². The van der Waals surface area contributed by atoms with Gasteiger partial charge in [-0.2, -0.15) is 4.21 Å². The molecule has 0 saturated carbocycles. The second kappa shape index (κ2) is 3.27. The van der Waals surface area contributed by atoms with E-state index in [1.807, 2.05) is 0 Å². The van der Waals surface area contributed by atoms with Crippen LogP contribution in [0.2, 0.25) is 0 Å². The summed E-state index contributed by atoms with van der Waals surface area (Å²) in [4.78, 5) is 0.